The van der Waals surface area contributed by atoms with Gasteiger partial charge in [-0.05, 0) is 49.7 Å². The summed E-state index contributed by atoms with van der Waals surface area (Å²) in [4.78, 5) is 14.7. The van der Waals surface area contributed by atoms with Gasteiger partial charge in [0.25, 0.3) is 5.91 Å². The van der Waals surface area contributed by atoms with E-state index in [0.717, 1.165) is 30.7 Å². The summed E-state index contributed by atoms with van der Waals surface area (Å²) in [5.41, 5.74) is 0.752. The molecule has 5 rings (SSSR count). The van der Waals surface area contributed by atoms with Crippen molar-refractivity contribution in [2.45, 2.75) is 43.9 Å². The van der Waals surface area contributed by atoms with Crippen molar-refractivity contribution in [1.29, 1.82) is 0 Å². The highest BCUT2D eigenvalue weighted by Gasteiger charge is 2.53. The number of piperidine rings is 2. The highest BCUT2D eigenvalue weighted by molar-refractivity contribution is 5.94. The molecule has 2 saturated heterocycles. The monoisotopic (exact) mass is 257 g/mol. The number of hydrogen-bond acceptors (Lipinski definition) is 2. The zero-order valence-electron chi connectivity index (χ0n) is 10.9. The molecule has 100 valence electrons. The van der Waals surface area contributed by atoms with E-state index in [0.29, 0.717) is 12.0 Å². The SMILES string of the molecule is O=C(c1ccccc1)N1C2CC3CC(C2)C(O)C1C3. The van der Waals surface area contributed by atoms with Crippen molar-refractivity contribution < 1.29 is 9.90 Å². The van der Waals surface area contributed by atoms with E-state index in [1.165, 1.54) is 6.42 Å². The summed E-state index contributed by atoms with van der Waals surface area (Å²) in [7, 11) is 0. The topological polar surface area (TPSA) is 40.5 Å². The Labute approximate surface area is 113 Å². The second kappa shape index (κ2) is 4.07. The highest BCUT2D eigenvalue weighted by Crippen LogP contribution is 2.49. The zero-order chi connectivity index (χ0) is 13.0. The molecule has 4 aliphatic rings. The van der Waals surface area contributed by atoms with E-state index in [1.54, 1.807) is 0 Å². The minimum Gasteiger partial charge on any atom is -0.391 e. The minimum atomic E-state index is -0.305. The van der Waals surface area contributed by atoms with Crippen LogP contribution in [0.15, 0.2) is 30.3 Å². The number of nitrogens with zero attached hydrogens (tertiary/aromatic N) is 1. The van der Waals surface area contributed by atoms with Crippen LogP contribution >= 0.6 is 0 Å². The number of benzene rings is 1. The van der Waals surface area contributed by atoms with Crippen LogP contribution in [-0.2, 0) is 0 Å². The molecular weight excluding hydrogens is 238 g/mol. The van der Waals surface area contributed by atoms with Gasteiger partial charge in [-0.3, -0.25) is 4.79 Å². The Kier molecular flexibility index (Phi) is 2.46. The van der Waals surface area contributed by atoms with E-state index < -0.39 is 0 Å². The molecule has 2 heterocycles. The summed E-state index contributed by atoms with van der Waals surface area (Å²) >= 11 is 0. The second-order valence-corrected chi connectivity index (χ2v) is 6.36. The van der Waals surface area contributed by atoms with Gasteiger partial charge < -0.3 is 10.0 Å². The predicted molar refractivity (Wildman–Crippen MR) is 71.6 cm³/mol. The number of amides is 1. The lowest BCUT2D eigenvalue weighted by Gasteiger charge is -2.58. The maximum absolute atomic E-state index is 12.7. The van der Waals surface area contributed by atoms with Crippen molar-refractivity contribution in [3.05, 3.63) is 35.9 Å². The Bertz CT molecular complexity index is 501. The number of aliphatic hydroxyl groups excluding tert-OH is 1. The summed E-state index contributed by atoms with van der Waals surface area (Å²) in [6.45, 7) is 0. The maximum Gasteiger partial charge on any atom is 0.254 e. The van der Waals surface area contributed by atoms with Gasteiger partial charge in [0, 0.05) is 11.6 Å². The number of carbonyl (C=O) groups is 1. The van der Waals surface area contributed by atoms with Gasteiger partial charge in [0.05, 0.1) is 12.1 Å². The molecule has 5 atom stereocenters. The van der Waals surface area contributed by atoms with Gasteiger partial charge in [-0.1, -0.05) is 18.2 Å². The molecule has 3 nitrogen and oxygen atoms in total. The van der Waals surface area contributed by atoms with E-state index in [4.69, 9.17) is 0 Å². The Balaban J connectivity index is 1.66. The molecule has 1 amide bonds. The fourth-order valence-corrected chi connectivity index (χ4v) is 4.54. The third-order valence-electron chi connectivity index (χ3n) is 5.27. The predicted octanol–water partition coefficient (Wildman–Crippen LogP) is 2.06. The van der Waals surface area contributed by atoms with Gasteiger partial charge in [-0.25, -0.2) is 0 Å². The minimum absolute atomic E-state index is 0.0592. The lowest BCUT2D eigenvalue weighted by molar-refractivity contribution is -0.120. The smallest absolute Gasteiger partial charge is 0.254 e. The Morgan fingerprint density at radius 1 is 1.11 bits per heavy atom. The molecule has 4 fully saturated rings. The molecular formula is C16H19NO2. The number of hydrogen-bond donors (Lipinski definition) is 1. The molecule has 1 aromatic rings. The molecule has 2 aliphatic heterocycles. The first-order valence-corrected chi connectivity index (χ1v) is 7.30. The second-order valence-electron chi connectivity index (χ2n) is 6.36. The largest absolute Gasteiger partial charge is 0.391 e. The van der Waals surface area contributed by atoms with Crippen molar-refractivity contribution >= 4 is 5.91 Å². The first-order chi connectivity index (χ1) is 9.24. The lowest BCUT2D eigenvalue weighted by atomic mass is 9.62. The van der Waals surface area contributed by atoms with Crippen LogP contribution in [0.3, 0.4) is 0 Å². The van der Waals surface area contributed by atoms with Gasteiger partial charge in [0.1, 0.15) is 0 Å². The zero-order valence-corrected chi connectivity index (χ0v) is 10.9. The van der Waals surface area contributed by atoms with Gasteiger partial charge in [-0.15, -0.1) is 0 Å². The first kappa shape index (κ1) is 11.5. The van der Waals surface area contributed by atoms with E-state index in [2.05, 4.69) is 0 Å². The van der Waals surface area contributed by atoms with Crippen molar-refractivity contribution in [3.63, 3.8) is 0 Å². The molecule has 1 aromatic carbocycles. The number of rotatable bonds is 1. The molecule has 0 aromatic heterocycles. The quantitative estimate of drug-likeness (QED) is 0.836. The van der Waals surface area contributed by atoms with Gasteiger partial charge in [-0.2, -0.15) is 0 Å². The highest BCUT2D eigenvalue weighted by atomic mass is 16.3. The molecule has 1 N–H and O–H groups in total. The van der Waals surface area contributed by atoms with E-state index in [9.17, 15) is 9.90 Å². The van der Waals surface area contributed by atoms with Crippen molar-refractivity contribution in [2.24, 2.45) is 11.8 Å². The van der Waals surface area contributed by atoms with Gasteiger partial charge in [0.15, 0.2) is 0 Å². The van der Waals surface area contributed by atoms with Gasteiger partial charge >= 0.3 is 0 Å². The lowest BCUT2D eigenvalue weighted by Crippen LogP contribution is -2.66. The summed E-state index contributed by atoms with van der Waals surface area (Å²) in [5, 5.41) is 10.4. The Morgan fingerprint density at radius 2 is 1.89 bits per heavy atom. The van der Waals surface area contributed by atoms with Crippen LogP contribution in [-0.4, -0.2) is 34.1 Å². The Hall–Kier alpha value is -1.35. The maximum atomic E-state index is 12.7. The average molecular weight is 257 g/mol. The third kappa shape index (κ3) is 1.64. The van der Waals surface area contributed by atoms with Crippen LogP contribution in [0.1, 0.15) is 36.0 Å². The molecule has 4 bridgehead atoms. The molecule has 2 aliphatic carbocycles. The normalized spacial score (nSPS) is 39.6. The van der Waals surface area contributed by atoms with E-state index in [1.807, 2.05) is 35.2 Å². The first-order valence-electron chi connectivity index (χ1n) is 7.30. The molecule has 0 radical (unpaired) electrons. The van der Waals surface area contributed by atoms with E-state index in [-0.39, 0.29) is 18.1 Å². The summed E-state index contributed by atoms with van der Waals surface area (Å²) in [6.07, 6.45) is 3.99. The fraction of sp³-hybridized carbons (Fsp3) is 0.562. The van der Waals surface area contributed by atoms with Crippen LogP contribution in [0.2, 0.25) is 0 Å². The average Bonchev–Trinajstić information content (AvgIpc) is 2.44. The molecule has 19 heavy (non-hydrogen) atoms. The number of carbonyl (C=O) groups excluding carboxylic acids is 1. The van der Waals surface area contributed by atoms with Crippen LogP contribution in [0.4, 0.5) is 0 Å². The van der Waals surface area contributed by atoms with Crippen LogP contribution in [0, 0.1) is 11.8 Å². The molecule has 0 spiro atoms. The molecule has 2 saturated carbocycles. The van der Waals surface area contributed by atoms with Crippen LogP contribution in [0.5, 0.6) is 0 Å². The number of aliphatic hydroxyl groups is 1. The molecule has 3 heteroatoms. The summed E-state index contributed by atoms with van der Waals surface area (Å²) < 4.78 is 0. The third-order valence-corrected chi connectivity index (χ3v) is 5.27. The van der Waals surface area contributed by atoms with Crippen LogP contribution in [0.25, 0.3) is 0 Å². The van der Waals surface area contributed by atoms with Gasteiger partial charge in [0.2, 0.25) is 0 Å². The summed E-state index contributed by atoms with van der Waals surface area (Å²) in [6, 6.07) is 9.90. The molecule has 5 unspecified atom stereocenters. The fourth-order valence-electron chi connectivity index (χ4n) is 4.54. The standard InChI is InChI=1S/C16H19NO2/c18-15-12-6-10-7-13(9-12)17(14(15)8-10)16(19)11-4-2-1-3-5-11/h1-5,10,12-15,18H,6-9H2. The van der Waals surface area contributed by atoms with E-state index >= 15 is 0 Å². The Morgan fingerprint density at radius 3 is 2.68 bits per heavy atom. The van der Waals surface area contributed by atoms with Crippen molar-refractivity contribution in [3.8, 4) is 0 Å². The summed E-state index contributed by atoms with van der Waals surface area (Å²) in [5.74, 6) is 1.27. The van der Waals surface area contributed by atoms with Crippen molar-refractivity contribution in [1.82, 2.24) is 4.90 Å². The van der Waals surface area contributed by atoms with Crippen molar-refractivity contribution in [2.75, 3.05) is 0 Å². The van der Waals surface area contributed by atoms with Crippen LogP contribution < -0.4 is 0 Å².